The number of anilines is 1. The standard InChI is InChI=1S/C18H24N4O2/c1-12(2)7-17(23)21-16-6-5-14(8-13(16)3)18(24)20-10-15-9-19-11-22(15)4/h5-6,8-9,11-12H,7,10H2,1-4H3,(H,20,24)(H,21,23). The molecule has 0 spiro atoms. The van der Waals surface area contributed by atoms with E-state index in [1.807, 2.05) is 32.4 Å². The summed E-state index contributed by atoms with van der Waals surface area (Å²) in [5.41, 5.74) is 3.10. The Morgan fingerprint density at radius 3 is 2.62 bits per heavy atom. The third-order valence-corrected chi connectivity index (χ3v) is 3.70. The number of nitrogens with one attached hydrogen (secondary N) is 2. The molecule has 24 heavy (non-hydrogen) atoms. The Hall–Kier alpha value is -2.63. The average molecular weight is 328 g/mol. The summed E-state index contributed by atoms with van der Waals surface area (Å²) in [6.45, 7) is 6.30. The van der Waals surface area contributed by atoms with Crippen molar-refractivity contribution in [3.05, 3.63) is 47.5 Å². The fourth-order valence-corrected chi connectivity index (χ4v) is 2.35. The number of amides is 2. The second kappa shape index (κ2) is 7.77. The predicted octanol–water partition coefficient (Wildman–Crippen LogP) is 2.64. The third-order valence-electron chi connectivity index (χ3n) is 3.70. The quantitative estimate of drug-likeness (QED) is 0.856. The Balaban J connectivity index is 1.99. The van der Waals surface area contributed by atoms with Crippen molar-refractivity contribution in [3.63, 3.8) is 0 Å². The minimum absolute atomic E-state index is 0.0125. The Morgan fingerprint density at radius 1 is 1.29 bits per heavy atom. The maximum Gasteiger partial charge on any atom is 0.251 e. The molecule has 0 radical (unpaired) electrons. The van der Waals surface area contributed by atoms with Crippen molar-refractivity contribution in [3.8, 4) is 0 Å². The number of imidazole rings is 1. The molecule has 0 aliphatic heterocycles. The van der Waals surface area contributed by atoms with Crippen LogP contribution in [0.5, 0.6) is 0 Å². The van der Waals surface area contributed by atoms with Gasteiger partial charge in [0.2, 0.25) is 5.91 Å². The lowest BCUT2D eigenvalue weighted by Crippen LogP contribution is -2.24. The SMILES string of the molecule is Cc1cc(C(=O)NCc2cncn2C)ccc1NC(=O)CC(C)C. The molecule has 0 aliphatic rings. The van der Waals surface area contributed by atoms with E-state index in [4.69, 9.17) is 0 Å². The van der Waals surface area contributed by atoms with Crippen LogP contribution in [-0.4, -0.2) is 21.4 Å². The van der Waals surface area contributed by atoms with Gasteiger partial charge in [0, 0.05) is 30.9 Å². The first-order valence-electron chi connectivity index (χ1n) is 8.00. The lowest BCUT2D eigenvalue weighted by molar-refractivity contribution is -0.116. The summed E-state index contributed by atoms with van der Waals surface area (Å²) in [5, 5.41) is 5.76. The van der Waals surface area contributed by atoms with E-state index in [9.17, 15) is 9.59 Å². The molecule has 2 N–H and O–H groups in total. The van der Waals surface area contributed by atoms with E-state index in [1.165, 1.54) is 0 Å². The summed E-state index contributed by atoms with van der Waals surface area (Å²) in [7, 11) is 1.88. The maximum absolute atomic E-state index is 12.3. The monoisotopic (exact) mass is 328 g/mol. The topological polar surface area (TPSA) is 76.0 Å². The van der Waals surface area contributed by atoms with Crippen LogP contribution >= 0.6 is 0 Å². The maximum atomic E-state index is 12.3. The van der Waals surface area contributed by atoms with E-state index in [2.05, 4.69) is 15.6 Å². The molecule has 1 aromatic carbocycles. The molecule has 0 saturated carbocycles. The smallest absolute Gasteiger partial charge is 0.251 e. The van der Waals surface area contributed by atoms with Gasteiger partial charge in [0.25, 0.3) is 5.91 Å². The number of nitrogens with zero attached hydrogens (tertiary/aromatic N) is 2. The fourth-order valence-electron chi connectivity index (χ4n) is 2.35. The highest BCUT2D eigenvalue weighted by atomic mass is 16.2. The zero-order valence-corrected chi connectivity index (χ0v) is 14.6. The molecule has 2 rings (SSSR count). The van der Waals surface area contributed by atoms with Gasteiger partial charge in [0.1, 0.15) is 0 Å². The Labute approximate surface area is 142 Å². The normalized spacial score (nSPS) is 10.7. The average Bonchev–Trinajstić information content (AvgIpc) is 2.91. The molecule has 0 aliphatic carbocycles. The number of aromatic nitrogens is 2. The summed E-state index contributed by atoms with van der Waals surface area (Å²) >= 11 is 0. The molecular formula is C18H24N4O2. The number of carbonyl (C=O) groups excluding carboxylic acids is 2. The van der Waals surface area contributed by atoms with E-state index < -0.39 is 0 Å². The second-order valence-corrected chi connectivity index (χ2v) is 6.35. The van der Waals surface area contributed by atoms with Crippen molar-refractivity contribution in [1.82, 2.24) is 14.9 Å². The molecule has 0 unspecified atom stereocenters. The number of hydrogen-bond donors (Lipinski definition) is 2. The van der Waals surface area contributed by atoms with Crippen molar-refractivity contribution < 1.29 is 9.59 Å². The minimum Gasteiger partial charge on any atom is -0.346 e. The summed E-state index contributed by atoms with van der Waals surface area (Å²) in [4.78, 5) is 28.1. The van der Waals surface area contributed by atoms with E-state index in [1.54, 1.807) is 30.7 Å². The molecule has 128 valence electrons. The summed E-state index contributed by atoms with van der Waals surface area (Å²) < 4.78 is 1.86. The van der Waals surface area contributed by atoms with Gasteiger partial charge in [-0.05, 0) is 36.6 Å². The number of aryl methyl sites for hydroxylation is 2. The molecule has 2 aromatic rings. The van der Waals surface area contributed by atoms with Gasteiger partial charge >= 0.3 is 0 Å². The Kier molecular flexibility index (Phi) is 5.73. The highest BCUT2D eigenvalue weighted by molar-refractivity contribution is 5.96. The van der Waals surface area contributed by atoms with Crippen molar-refractivity contribution in [2.75, 3.05) is 5.32 Å². The molecule has 0 atom stereocenters. The Bertz CT molecular complexity index is 734. The molecule has 0 bridgehead atoms. The minimum atomic E-state index is -0.153. The first kappa shape index (κ1) is 17.7. The van der Waals surface area contributed by atoms with E-state index in [0.717, 1.165) is 16.9 Å². The molecule has 6 heteroatoms. The van der Waals surface area contributed by atoms with Gasteiger partial charge in [0.15, 0.2) is 0 Å². The molecule has 0 fully saturated rings. The van der Waals surface area contributed by atoms with Crippen LogP contribution in [0.3, 0.4) is 0 Å². The highest BCUT2D eigenvalue weighted by Gasteiger charge is 2.11. The van der Waals surface area contributed by atoms with Crippen LogP contribution in [0.1, 0.15) is 41.9 Å². The van der Waals surface area contributed by atoms with Gasteiger partial charge in [-0.15, -0.1) is 0 Å². The molecule has 1 aromatic heterocycles. The predicted molar refractivity (Wildman–Crippen MR) is 93.6 cm³/mol. The van der Waals surface area contributed by atoms with Crippen molar-refractivity contribution >= 4 is 17.5 Å². The summed E-state index contributed by atoms with van der Waals surface area (Å²) in [6.07, 6.45) is 3.89. The van der Waals surface area contributed by atoms with Crippen LogP contribution in [0, 0.1) is 12.8 Å². The first-order valence-corrected chi connectivity index (χ1v) is 8.00. The molecule has 6 nitrogen and oxygen atoms in total. The fraction of sp³-hybridized carbons (Fsp3) is 0.389. The van der Waals surface area contributed by atoms with Crippen LogP contribution in [0.25, 0.3) is 0 Å². The molecule has 0 saturated heterocycles. The van der Waals surface area contributed by atoms with Gasteiger partial charge < -0.3 is 15.2 Å². The number of carbonyl (C=O) groups is 2. The van der Waals surface area contributed by atoms with Gasteiger partial charge in [-0.25, -0.2) is 4.98 Å². The lowest BCUT2D eigenvalue weighted by atomic mass is 10.1. The first-order chi connectivity index (χ1) is 11.4. The van der Waals surface area contributed by atoms with E-state index >= 15 is 0 Å². The third kappa shape index (κ3) is 4.68. The van der Waals surface area contributed by atoms with Crippen LogP contribution in [-0.2, 0) is 18.4 Å². The van der Waals surface area contributed by atoms with E-state index in [0.29, 0.717) is 24.4 Å². The lowest BCUT2D eigenvalue weighted by Gasteiger charge is -2.11. The Morgan fingerprint density at radius 2 is 2.04 bits per heavy atom. The summed E-state index contributed by atoms with van der Waals surface area (Å²) in [6, 6.07) is 5.27. The second-order valence-electron chi connectivity index (χ2n) is 6.35. The van der Waals surface area contributed by atoms with Crippen LogP contribution < -0.4 is 10.6 Å². The van der Waals surface area contributed by atoms with Crippen molar-refractivity contribution in [2.45, 2.75) is 33.7 Å². The van der Waals surface area contributed by atoms with Crippen LogP contribution in [0.2, 0.25) is 0 Å². The van der Waals surface area contributed by atoms with E-state index in [-0.39, 0.29) is 11.8 Å². The number of rotatable bonds is 6. The zero-order chi connectivity index (χ0) is 17.7. The zero-order valence-electron chi connectivity index (χ0n) is 14.6. The molecular weight excluding hydrogens is 304 g/mol. The van der Waals surface area contributed by atoms with Gasteiger partial charge in [-0.2, -0.15) is 0 Å². The van der Waals surface area contributed by atoms with Gasteiger partial charge in [0.05, 0.1) is 18.6 Å². The van der Waals surface area contributed by atoms with Crippen molar-refractivity contribution in [2.24, 2.45) is 13.0 Å². The molecule has 2 amide bonds. The van der Waals surface area contributed by atoms with Crippen LogP contribution in [0.15, 0.2) is 30.7 Å². The largest absolute Gasteiger partial charge is 0.346 e. The van der Waals surface area contributed by atoms with Gasteiger partial charge in [-0.1, -0.05) is 13.8 Å². The van der Waals surface area contributed by atoms with Crippen molar-refractivity contribution in [1.29, 1.82) is 0 Å². The highest BCUT2D eigenvalue weighted by Crippen LogP contribution is 2.17. The molecule has 1 heterocycles. The van der Waals surface area contributed by atoms with Crippen LogP contribution in [0.4, 0.5) is 5.69 Å². The number of hydrogen-bond acceptors (Lipinski definition) is 3. The number of benzene rings is 1. The summed E-state index contributed by atoms with van der Waals surface area (Å²) in [5.74, 6) is 0.142. The van der Waals surface area contributed by atoms with Gasteiger partial charge in [-0.3, -0.25) is 9.59 Å².